The summed E-state index contributed by atoms with van der Waals surface area (Å²) in [5.41, 5.74) is 1.52. The average Bonchev–Trinajstić information content (AvgIpc) is 3.17. The van der Waals surface area contributed by atoms with Crippen molar-refractivity contribution < 1.29 is 28.7 Å². The van der Waals surface area contributed by atoms with Crippen LogP contribution in [0.2, 0.25) is 0 Å². The molecule has 4 aliphatic heterocycles. The Morgan fingerprint density at radius 2 is 1.66 bits per heavy atom. The van der Waals surface area contributed by atoms with Crippen molar-refractivity contribution in [2.24, 2.45) is 5.92 Å². The highest BCUT2D eigenvalue weighted by Crippen LogP contribution is 2.32. The highest BCUT2D eigenvalue weighted by atomic mass is 16.5. The van der Waals surface area contributed by atoms with E-state index >= 15 is 0 Å². The van der Waals surface area contributed by atoms with E-state index in [9.17, 15) is 24.0 Å². The molecule has 3 saturated heterocycles. The second-order valence-corrected chi connectivity index (χ2v) is 10.4. The molecule has 1 atom stereocenters. The molecule has 1 aromatic carbocycles. The highest BCUT2D eigenvalue weighted by Gasteiger charge is 2.44. The predicted octanol–water partition coefficient (Wildman–Crippen LogP) is 0.485. The van der Waals surface area contributed by atoms with Gasteiger partial charge in [0.05, 0.1) is 11.1 Å². The van der Waals surface area contributed by atoms with Gasteiger partial charge in [0.1, 0.15) is 12.6 Å². The lowest BCUT2D eigenvalue weighted by molar-refractivity contribution is -0.138. The van der Waals surface area contributed by atoms with Gasteiger partial charge in [-0.2, -0.15) is 0 Å². The van der Waals surface area contributed by atoms with Crippen LogP contribution in [0.15, 0.2) is 18.2 Å². The number of anilines is 1. The maximum atomic E-state index is 13.1. The number of nitrogens with zero attached hydrogens (tertiary/aromatic N) is 4. The van der Waals surface area contributed by atoms with E-state index in [4.69, 9.17) is 4.74 Å². The number of hydrogen-bond acceptors (Lipinski definition) is 8. The summed E-state index contributed by atoms with van der Waals surface area (Å²) in [6.45, 7) is 8.55. The lowest BCUT2D eigenvalue weighted by atomic mass is 9.95. The van der Waals surface area contributed by atoms with Crippen molar-refractivity contribution in [3.05, 3.63) is 29.3 Å². The zero-order valence-corrected chi connectivity index (χ0v) is 21.8. The Morgan fingerprint density at radius 1 is 0.947 bits per heavy atom. The molecule has 11 heteroatoms. The number of benzene rings is 1. The first-order chi connectivity index (χ1) is 18.4. The number of amides is 5. The fourth-order valence-electron chi connectivity index (χ4n) is 5.86. The summed E-state index contributed by atoms with van der Waals surface area (Å²) in [5.74, 6) is -1.31. The molecule has 4 aliphatic rings. The normalized spacial score (nSPS) is 23.2. The summed E-state index contributed by atoms with van der Waals surface area (Å²) >= 11 is 0. The average molecular weight is 526 g/mol. The quantitative estimate of drug-likeness (QED) is 0.511. The second kappa shape index (κ2) is 11.2. The van der Waals surface area contributed by atoms with Crippen LogP contribution in [-0.4, -0.2) is 109 Å². The maximum absolute atomic E-state index is 13.1. The van der Waals surface area contributed by atoms with Crippen LogP contribution in [0.5, 0.6) is 0 Å². The van der Waals surface area contributed by atoms with Gasteiger partial charge in [0.2, 0.25) is 17.7 Å². The number of hydrogen-bond donors (Lipinski definition) is 1. The minimum absolute atomic E-state index is 0.0644. The Kier molecular flexibility index (Phi) is 7.75. The number of fused-ring (bicyclic) bond motifs is 1. The summed E-state index contributed by atoms with van der Waals surface area (Å²) in [5, 5.41) is 2.23. The Hall–Kier alpha value is -3.31. The molecule has 0 saturated carbocycles. The molecule has 0 aliphatic carbocycles. The third-order valence-corrected chi connectivity index (χ3v) is 8.07. The van der Waals surface area contributed by atoms with Crippen LogP contribution in [0.1, 0.15) is 53.3 Å². The van der Waals surface area contributed by atoms with Crippen LogP contribution in [0.25, 0.3) is 0 Å². The topological polar surface area (TPSA) is 120 Å². The molecule has 3 fully saturated rings. The monoisotopic (exact) mass is 525 g/mol. The van der Waals surface area contributed by atoms with Gasteiger partial charge < -0.3 is 14.5 Å². The van der Waals surface area contributed by atoms with Crippen LogP contribution >= 0.6 is 0 Å². The third kappa shape index (κ3) is 5.30. The summed E-state index contributed by atoms with van der Waals surface area (Å²) in [4.78, 5) is 69.6. The Morgan fingerprint density at radius 3 is 2.34 bits per heavy atom. The molecule has 11 nitrogen and oxygen atoms in total. The molecule has 0 bridgehead atoms. The molecule has 5 rings (SSSR count). The molecule has 0 radical (unpaired) electrons. The van der Waals surface area contributed by atoms with Gasteiger partial charge in [0.25, 0.3) is 11.8 Å². The van der Waals surface area contributed by atoms with Crippen molar-refractivity contribution in [2.45, 2.75) is 38.6 Å². The van der Waals surface area contributed by atoms with Gasteiger partial charge in [-0.15, -0.1) is 0 Å². The lowest BCUT2D eigenvalue weighted by Gasteiger charge is -2.39. The minimum atomic E-state index is -0.955. The van der Waals surface area contributed by atoms with Crippen LogP contribution in [0.3, 0.4) is 0 Å². The van der Waals surface area contributed by atoms with Gasteiger partial charge in [-0.1, -0.05) is 0 Å². The number of imide groups is 2. The van der Waals surface area contributed by atoms with Crippen molar-refractivity contribution in [1.29, 1.82) is 0 Å². The summed E-state index contributed by atoms with van der Waals surface area (Å²) < 4.78 is 5.25. The van der Waals surface area contributed by atoms with Crippen LogP contribution < -0.4 is 10.2 Å². The summed E-state index contributed by atoms with van der Waals surface area (Å²) in [6, 6.07) is 4.36. The van der Waals surface area contributed by atoms with E-state index in [-0.39, 0.29) is 31.3 Å². The van der Waals surface area contributed by atoms with Crippen molar-refractivity contribution in [3.63, 3.8) is 0 Å². The zero-order chi connectivity index (χ0) is 26.8. The van der Waals surface area contributed by atoms with E-state index in [1.54, 1.807) is 12.1 Å². The number of ether oxygens (including phenoxy) is 1. The molecule has 0 aromatic heterocycles. The largest absolute Gasteiger partial charge is 0.372 e. The van der Waals surface area contributed by atoms with Gasteiger partial charge in [-0.05, 0) is 50.3 Å². The summed E-state index contributed by atoms with van der Waals surface area (Å²) in [6.07, 6.45) is 2.30. The van der Waals surface area contributed by atoms with E-state index in [1.807, 2.05) is 17.9 Å². The first-order valence-electron chi connectivity index (χ1n) is 13.5. The van der Waals surface area contributed by atoms with Crippen molar-refractivity contribution in [2.75, 3.05) is 63.9 Å². The Bertz CT molecular complexity index is 1120. The summed E-state index contributed by atoms with van der Waals surface area (Å²) in [7, 11) is 0. The smallest absolute Gasteiger partial charge is 0.262 e. The molecular formula is C27H35N5O6. The molecule has 0 spiro atoms. The van der Waals surface area contributed by atoms with Crippen molar-refractivity contribution >= 4 is 35.2 Å². The van der Waals surface area contributed by atoms with E-state index in [1.165, 1.54) is 0 Å². The van der Waals surface area contributed by atoms with Crippen LogP contribution in [0.4, 0.5) is 5.69 Å². The molecule has 1 aromatic rings. The van der Waals surface area contributed by atoms with Gasteiger partial charge in [0, 0.05) is 64.5 Å². The van der Waals surface area contributed by atoms with Crippen molar-refractivity contribution in [3.8, 4) is 0 Å². The van der Waals surface area contributed by atoms with Crippen LogP contribution in [-0.2, 0) is 19.1 Å². The number of piperazine rings is 1. The van der Waals surface area contributed by atoms with Gasteiger partial charge in [-0.25, -0.2) is 0 Å². The number of rotatable bonds is 7. The first-order valence-corrected chi connectivity index (χ1v) is 13.5. The number of carbonyl (C=O) groups excluding carboxylic acids is 5. The fourth-order valence-corrected chi connectivity index (χ4v) is 5.86. The molecule has 204 valence electrons. The van der Waals surface area contributed by atoms with Gasteiger partial charge in [0.15, 0.2) is 0 Å². The molecule has 4 heterocycles. The minimum Gasteiger partial charge on any atom is -0.372 e. The maximum Gasteiger partial charge on any atom is 0.262 e. The van der Waals surface area contributed by atoms with E-state index < -0.39 is 23.8 Å². The Labute approximate surface area is 222 Å². The van der Waals surface area contributed by atoms with E-state index in [2.05, 4.69) is 15.1 Å². The zero-order valence-electron chi connectivity index (χ0n) is 21.8. The number of piperidine rings is 2. The first kappa shape index (κ1) is 26.3. The molecule has 38 heavy (non-hydrogen) atoms. The van der Waals surface area contributed by atoms with Gasteiger partial charge in [-0.3, -0.25) is 39.1 Å². The number of nitrogens with one attached hydrogen (secondary N) is 1. The second-order valence-electron chi connectivity index (χ2n) is 10.4. The predicted molar refractivity (Wildman–Crippen MR) is 138 cm³/mol. The highest BCUT2D eigenvalue weighted by molar-refractivity contribution is 6.23. The van der Waals surface area contributed by atoms with Crippen molar-refractivity contribution in [1.82, 2.24) is 20.0 Å². The Balaban J connectivity index is 1.14. The van der Waals surface area contributed by atoms with Gasteiger partial charge >= 0.3 is 0 Å². The molecular weight excluding hydrogens is 490 g/mol. The van der Waals surface area contributed by atoms with E-state index in [0.717, 1.165) is 69.2 Å². The standard InChI is InChI=1S/C27H35N5O6/c1-2-38-17-24(34)31-13-11-29(12-14-31)16-18-7-9-30(10-8-18)19-3-4-20-21(15-19)27(37)32(26(20)36)22-5-6-23(33)28-25(22)35/h3-4,15,18,22H,2,5-14,16-17H2,1H3,(H,28,33,35). The van der Waals surface area contributed by atoms with Crippen LogP contribution in [0, 0.1) is 5.92 Å². The SMILES string of the molecule is CCOCC(=O)N1CCN(CC2CCN(c3ccc4c(c3)C(=O)N(C3CCC(=O)NC3=O)C4=O)CC2)CC1. The molecule has 1 unspecified atom stereocenters. The molecule has 1 N–H and O–H groups in total. The number of carbonyl (C=O) groups is 5. The van der Waals surface area contributed by atoms with E-state index in [0.29, 0.717) is 23.7 Å². The third-order valence-electron chi connectivity index (χ3n) is 8.07. The fraction of sp³-hybridized carbons (Fsp3) is 0.593. The molecule has 5 amide bonds. The lowest BCUT2D eigenvalue weighted by Crippen LogP contribution is -2.54.